The lowest BCUT2D eigenvalue weighted by molar-refractivity contribution is -0.144. The summed E-state index contributed by atoms with van der Waals surface area (Å²) >= 11 is 5.52. The average molecular weight is 298 g/mol. The summed E-state index contributed by atoms with van der Waals surface area (Å²) in [4.78, 5) is 6.48. The zero-order chi connectivity index (χ0) is 14.5. The first-order chi connectivity index (χ1) is 8.79. The predicted octanol–water partition coefficient (Wildman–Crippen LogP) is 3.23. The Bertz CT molecular complexity index is 413. The van der Waals surface area contributed by atoms with Crippen molar-refractivity contribution in [2.75, 3.05) is 25.1 Å². The number of nitrogens with one attached hydrogen (secondary N) is 1. The fraction of sp³-hybridized carbons (Fsp3) is 0.636. The normalized spacial score (nSPS) is 11.9. The average Bonchev–Trinajstić information content (AvgIpc) is 2.26. The second-order valence-corrected chi connectivity index (χ2v) is 4.68. The molecule has 0 atom stereocenters. The SMILES string of the molecule is CC(C)COCCNc1cc(Cl)nc(C(F)(F)F)n1. The molecule has 0 aromatic carbocycles. The highest BCUT2D eigenvalue weighted by Gasteiger charge is 2.35. The van der Waals surface area contributed by atoms with Gasteiger partial charge in [-0.2, -0.15) is 13.2 Å². The molecule has 4 nitrogen and oxygen atoms in total. The smallest absolute Gasteiger partial charge is 0.379 e. The molecular formula is C11H15ClF3N3O. The van der Waals surface area contributed by atoms with Crippen molar-refractivity contribution in [1.29, 1.82) is 0 Å². The summed E-state index contributed by atoms with van der Waals surface area (Å²) in [5.41, 5.74) is 0. The first-order valence-corrected chi connectivity index (χ1v) is 6.10. The molecule has 0 radical (unpaired) electrons. The maximum Gasteiger partial charge on any atom is 0.451 e. The van der Waals surface area contributed by atoms with Crippen LogP contribution in [0.5, 0.6) is 0 Å². The van der Waals surface area contributed by atoms with Crippen LogP contribution in [0.3, 0.4) is 0 Å². The van der Waals surface area contributed by atoms with Gasteiger partial charge in [0, 0.05) is 19.2 Å². The fourth-order valence-electron chi connectivity index (χ4n) is 1.21. The van der Waals surface area contributed by atoms with E-state index in [0.29, 0.717) is 25.7 Å². The Morgan fingerprint density at radius 3 is 2.63 bits per heavy atom. The first-order valence-electron chi connectivity index (χ1n) is 5.72. The summed E-state index contributed by atoms with van der Waals surface area (Å²) in [5, 5.41) is 2.45. The van der Waals surface area contributed by atoms with Crippen molar-refractivity contribution in [3.8, 4) is 0 Å². The van der Waals surface area contributed by atoms with Gasteiger partial charge in [-0.25, -0.2) is 9.97 Å². The van der Waals surface area contributed by atoms with Crippen LogP contribution in [0.25, 0.3) is 0 Å². The van der Waals surface area contributed by atoms with Gasteiger partial charge in [-0.1, -0.05) is 25.4 Å². The standard InChI is InChI=1S/C11H15ClF3N3O/c1-7(2)6-19-4-3-16-9-5-8(12)17-10(18-9)11(13,14)15/h5,7H,3-4,6H2,1-2H3,(H,16,17,18). The number of hydrogen-bond donors (Lipinski definition) is 1. The first kappa shape index (κ1) is 16.0. The van der Waals surface area contributed by atoms with E-state index in [1.165, 1.54) is 6.07 Å². The summed E-state index contributed by atoms with van der Waals surface area (Å²) in [5.74, 6) is -0.823. The molecule has 1 aromatic heterocycles. The number of anilines is 1. The molecule has 0 saturated heterocycles. The Balaban J connectivity index is 2.52. The zero-order valence-corrected chi connectivity index (χ0v) is 11.3. The topological polar surface area (TPSA) is 47.0 Å². The second kappa shape index (κ2) is 6.91. The maximum absolute atomic E-state index is 12.4. The molecule has 0 amide bonds. The molecule has 0 aliphatic carbocycles. The zero-order valence-electron chi connectivity index (χ0n) is 10.6. The number of hydrogen-bond acceptors (Lipinski definition) is 4. The largest absolute Gasteiger partial charge is 0.451 e. The molecule has 0 bridgehead atoms. The third-order valence-electron chi connectivity index (χ3n) is 1.95. The molecule has 1 rings (SSSR count). The number of nitrogens with zero attached hydrogens (tertiary/aromatic N) is 2. The number of rotatable bonds is 6. The number of alkyl halides is 3. The van der Waals surface area contributed by atoms with Crippen LogP contribution in [0.4, 0.5) is 19.0 Å². The molecular weight excluding hydrogens is 283 g/mol. The third kappa shape index (κ3) is 6.07. The van der Waals surface area contributed by atoms with E-state index in [1.807, 2.05) is 13.8 Å². The van der Waals surface area contributed by atoms with Gasteiger partial charge >= 0.3 is 6.18 Å². The van der Waals surface area contributed by atoms with Crippen molar-refractivity contribution in [3.05, 3.63) is 17.0 Å². The Hall–Kier alpha value is -1.08. The minimum absolute atomic E-state index is 0.0282. The molecule has 0 spiro atoms. The van der Waals surface area contributed by atoms with E-state index >= 15 is 0 Å². The van der Waals surface area contributed by atoms with Crippen LogP contribution in [0.2, 0.25) is 5.15 Å². The van der Waals surface area contributed by atoms with E-state index in [9.17, 15) is 13.2 Å². The van der Waals surface area contributed by atoms with Gasteiger partial charge in [0.2, 0.25) is 5.82 Å². The number of halogens is 4. The molecule has 0 aliphatic heterocycles. The van der Waals surface area contributed by atoms with Gasteiger partial charge in [-0.05, 0) is 5.92 Å². The summed E-state index contributed by atoms with van der Waals surface area (Å²) < 4.78 is 42.6. The van der Waals surface area contributed by atoms with Crippen molar-refractivity contribution in [2.45, 2.75) is 20.0 Å². The lowest BCUT2D eigenvalue weighted by Crippen LogP contribution is -2.16. The van der Waals surface area contributed by atoms with Crippen molar-refractivity contribution >= 4 is 17.4 Å². The minimum Gasteiger partial charge on any atom is -0.379 e. The van der Waals surface area contributed by atoms with Crippen molar-refractivity contribution in [3.63, 3.8) is 0 Å². The molecule has 108 valence electrons. The minimum atomic E-state index is -4.62. The fourth-order valence-corrected chi connectivity index (χ4v) is 1.39. The van der Waals surface area contributed by atoms with E-state index in [-0.39, 0.29) is 11.0 Å². The van der Waals surface area contributed by atoms with E-state index < -0.39 is 12.0 Å². The van der Waals surface area contributed by atoms with Crippen LogP contribution in [0.15, 0.2) is 6.07 Å². The van der Waals surface area contributed by atoms with Crippen molar-refractivity contribution < 1.29 is 17.9 Å². The van der Waals surface area contributed by atoms with Gasteiger partial charge in [0.25, 0.3) is 0 Å². The molecule has 0 fully saturated rings. The lowest BCUT2D eigenvalue weighted by atomic mass is 10.2. The second-order valence-electron chi connectivity index (χ2n) is 4.29. The van der Waals surface area contributed by atoms with E-state index in [4.69, 9.17) is 16.3 Å². The van der Waals surface area contributed by atoms with Gasteiger partial charge in [-0.15, -0.1) is 0 Å². The third-order valence-corrected chi connectivity index (χ3v) is 2.15. The summed E-state index contributed by atoms with van der Waals surface area (Å²) in [6.07, 6.45) is -4.62. The summed E-state index contributed by atoms with van der Waals surface area (Å²) in [7, 11) is 0. The van der Waals surface area contributed by atoms with E-state index in [1.54, 1.807) is 0 Å². The molecule has 1 heterocycles. The predicted molar refractivity (Wildman–Crippen MR) is 66.2 cm³/mol. The van der Waals surface area contributed by atoms with Gasteiger partial charge in [0.15, 0.2) is 0 Å². The quantitative estimate of drug-likeness (QED) is 0.647. The van der Waals surface area contributed by atoms with Crippen LogP contribution < -0.4 is 5.32 Å². The molecule has 0 aliphatic rings. The van der Waals surface area contributed by atoms with Crippen LogP contribution >= 0.6 is 11.6 Å². The lowest BCUT2D eigenvalue weighted by Gasteiger charge is -2.10. The molecule has 1 aromatic rings. The van der Waals surface area contributed by atoms with Crippen LogP contribution in [0.1, 0.15) is 19.7 Å². The van der Waals surface area contributed by atoms with Crippen LogP contribution in [-0.4, -0.2) is 29.7 Å². The molecule has 8 heteroatoms. The van der Waals surface area contributed by atoms with Gasteiger partial charge in [0.05, 0.1) is 6.61 Å². The van der Waals surface area contributed by atoms with Crippen molar-refractivity contribution in [1.82, 2.24) is 9.97 Å². The van der Waals surface area contributed by atoms with Gasteiger partial charge in [-0.3, -0.25) is 0 Å². The monoisotopic (exact) mass is 297 g/mol. The highest BCUT2D eigenvalue weighted by atomic mass is 35.5. The van der Waals surface area contributed by atoms with Crippen LogP contribution in [-0.2, 0) is 10.9 Å². The molecule has 19 heavy (non-hydrogen) atoms. The highest BCUT2D eigenvalue weighted by Crippen LogP contribution is 2.28. The molecule has 0 saturated carbocycles. The maximum atomic E-state index is 12.4. The number of aromatic nitrogens is 2. The summed E-state index contributed by atoms with van der Waals surface area (Å²) in [6, 6.07) is 1.24. The Morgan fingerprint density at radius 1 is 1.37 bits per heavy atom. The van der Waals surface area contributed by atoms with E-state index in [0.717, 1.165) is 0 Å². The molecule has 0 unspecified atom stereocenters. The Labute approximate surface area is 114 Å². The highest BCUT2D eigenvalue weighted by molar-refractivity contribution is 6.29. The van der Waals surface area contributed by atoms with Crippen molar-refractivity contribution in [2.24, 2.45) is 5.92 Å². The van der Waals surface area contributed by atoms with E-state index in [2.05, 4.69) is 15.3 Å². The van der Waals surface area contributed by atoms with Gasteiger partial charge in [0.1, 0.15) is 11.0 Å². The number of ether oxygens (including phenoxy) is 1. The van der Waals surface area contributed by atoms with Crippen LogP contribution in [0, 0.1) is 5.92 Å². The molecule has 1 N–H and O–H groups in total. The summed E-state index contributed by atoms with van der Waals surface area (Å²) in [6.45, 7) is 5.33. The van der Waals surface area contributed by atoms with Gasteiger partial charge < -0.3 is 10.1 Å². The Morgan fingerprint density at radius 2 is 2.05 bits per heavy atom. The Kier molecular flexibility index (Phi) is 5.81.